The van der Waals surface area contributed by atoms with E-state index in [0.717, 1.165) is 6.42 Å². The second kappa shape index (κ2) is 5.48. The quantitative estimate of drug-likeness (QED) is 0.873. The van der Waals surface area contributed by atoms with Crippen molar-refractivity contribution in [2.45, 2.75) is 45.3 Å². The summed E-state index contributed by atoms with van der Waals surface area (Å²) in [7, 11) is 0. The smallest absolute Gasteiger partial charge is 0.338 e. The fraction of sp³-hybridized carbons (Fsp3) is 0.800. The summed E-state index contributed by atoms with van der Waals surface area (Å²) in [6, 6.07) is -0.424. The number of aromatic nitrogens is 2. The normalized spacial score (nSPS) is 15.9. The van der Waals surface area contributed by atoms with Crippen LogP contribution in [0.1, 0.15) is 44.4 Å². The summed E-state index contributed by atoms with van der Waals surface area (Å²) in [5.41, 5.74) is 5.83. The molecular formula is C10H16F3N3O. The molecule has 0 saturated carbocycles. The molecule has 4 nitrogen and oxygen atoms in total. The van der Waals surface area contributed by atoms with Crippen LogP contribution in [0.2, 0.25) is 0 Å². The molecule has 0 radical (unpaired) electrons. The third kappa shape index (κ3) is 4.33. The number of nitrogens with zero attached hydrogens (tertiary/aromatic N) is 2. The van der Waals surface area contributed by atoms with E-state index in [1.165, 1.54) is 0 Å². The Balaban J connectivity index is 2.59. The molecule has 17 heavy (non-hydrogen) atoms. The molecule has 1 aromatic rings. The van der Waals surface area contributed by atoms with Crippen LogP contribution in [0.5, 0.6) is 0 Å². The van der Waals surface area contributed by atoms with Crippen LogP contribution in [0.4, 0.5) is 13.2 Å². The zero-order valence-corrected chi connectivity index (χ0v) is 9.79. The van der Waals surface area contributed by atoms with Crippen LogP contribution >= 0.6 is 0 Å². The Bertz CT molecular complexity index is 351. The first-order chi connectivity index (χ1) is 7.83. The average molecular weight is 251 g/mol. The number of hydrogen-bond acceptors (Lipinski definition) is 4. The van der Waals surface area contributed by atoms with Crippen molar-refractivity contribution in [1.82, 2.24) is 10.1 Å². The number of alkyl halides is 3. The molecule has 1 heterocycles. The highest BCUT2D eigenvalue weighted by atomic mass is 19.4. The molecule has 0 aromatic carbocycles. The van der Waals surface area contributed by atoms with Gasteiger partial charge in [0.25, 0.3) is 0 Å². The van der Waals surface area contributed by atoms with Gasteiger partial charge in [-0.3, -0.25) is 0 Å². The van der Waals surface area contributed by atoms with Crippen molar-refractivity contribution >= 4 is 0 Å². The van der Waals surface area contributed by atoms with Gasteiger partial charge >= 0.3 is 6.18 Å². The average Bonchev–Trinajstić information content (AvgIpc) is 2.72. The van der Waals surface area contributed by atoms with Crippen molar-refractivity contribution < 1.29 is 17.7 Å². The highest BCUT2D eigenvalue weighted by Crippen LogP contribution is 2.23. The Morgan fingerprint density at radius 3 is 2.59 bits per heavy atom. The lowest BCUT2D eigenvalue weighted by atomic mass is 10.0. The first-order valence-corrected chi connectivity index (χ1v) is 5.48. The molecule has 1 aromatic heterocycles. The lowest BCUT2D eigenvalue weighted by Crippen LogP contribution is -2.19. The van der Waals surface area contributed by atoms with Crippen molar-refractivity contribution in [2.24, 2.45) is 11.7 Å². The van der Waals surface area contributed by atoms with Crippen LogP contribution in [0.15, 0.2) is 4.52 Å². The first-order valence-electron chi connectivity index (χ1n) is 5.48. The fourth-order valence-corrected chi connectivity index (χ4v) is 1.26. The van der Waals surface area contributed by atoms with Gasteiger partial charge < -0.3 is 10.3 Å². The summed E-state index contributed by atoms with van der Waals surface area (Å²) in [5, 5.41) is 3.49. The minimum absolute atomic E-state index is 0.0519. The summed E-state index contributed by atoms with van der Waals surface area (Å²) < 4.78 is 40.8. The standard InChI is InChI=1S/C10H16F3N3O/c1-3-6(2)8(14)9-15-7(16-17-9)4-5-10(11,12)13/h6,8H,3-5,14H2,1-2H3. The summed E-state index contributed by atoms with van der Waals surface area (Å²) in [5.74, 6) is 0.401. The van der Waals surface area contributed by atoms with Gasteiger partial charge in [-0.25, -0.2) is 0 Å². The first kappa shape index (κ1) is 14.0. The number of hydrogen-bond donors (Lipinski definition) is 1. The molecule has 2 unspecified atom stereocenters. The topological polar surface area (TPSA) is 64.9 Å². The Morgan fingerprint density at radius 2 is 2.06 bits per heavy atom. The lowest BCUT2D eigenvalue weighted by molar-refractivity contribution is -0.134. The lowest BCUT2D eigenvalue weighted by Gasteiger charge is -2.12. The van der Waals surface area contributed by atoms with Crippen LogP contribution in [0.3, 0.4) is 0 Å². The maximum Gasteiger partial charge on any atom is 0.389 e. The van der Waals surface area contributed by atoms with E-state index in [1.807, 2.05) is 13.8 Å². The summed E-state index contributed by atoms with van der Waals surface area (Å²) in [6.07, 6.45) is -4.61. The minimum Gasteiger partial charge on any atom is -0.338 e. The molecule has 0 spiro atoms. The van der Waals surface area contributed by atoms with E-state index in [4.69, 9.17) is 10.3 Å². The predicted molar refractivity (Wildman–Crippen MR) is 55.1 cm³/mol. The van der Waals surface area contributed by atoms with Gasteiger partial charge in [0.15, 0.2) is 5.82 Å². The van der Waals surface area contributed by atoms with Gasteiger partial charge in [0.1, 0.15) is 0 Å². The number of halogens is 3. The van der Waals surface area contributed by atoms with Crippen LogP contribution < -0.4 is 5.73 Å². The molecule has 0 fully saturated rings. The van der Waals surface area contributed by atoms with Crippen LogP contribution in [0, 0.1) is 5.92 Å². The largest absolute Gasteiger partial charge is 0.389 e. The molecule has 0 bridgehead atoms. The molecule has 7 heteroatoms. The number of nitrogens with two attached hydrogens (primary N) is 1. The summed E-state index contributed by atoms with van der Waals surface area (Å²) >= 11 is 0. The Hall–Kier alpha value is -1.11. The van der Waals surface area contributed by atoms with E-state index in [-0.39, 0.29) is 24.1 Å². The van der Waals surface area contributed by atoms with Gasteiger partial charge in [-0.05, 0) is 5.92 Å². The third-order valence-electron chi connectivity index (χ3n) is 2.66. The van der Waals surface area contributed by atoms with Crippen LogP contribution in [-0.2, 0) is 6.42 Å². The van der Waals surface area contributed by atoms with Crippen molar-refractivity contribution in [1.29, 1.82) is 0 Å². The molecule has 2 N–H and O–H groups in total. The zero-order chi connectivity index (χ0) is 13.1. The molecule has 98 valence electrons. The van der Waals surface area contributed by atoms with E-state index >= 15 is 0 Å². The Morgan fingerprint density at radius 1 is 1.41 bits per heavy atom. The monoisotopic (exact) mass is 251 g/mol. The van der Waals surface area contributed by atoms with Crippen molar-refractivity contribution in [2.75, 3.05) is 0 Å². The predicted octanol–water partition coefficient (Wildman–Crippen LogP) is 2.61. The fourth-order valence-electron chi connectivity index (χ4n) is 1.26. The van der Waals surface area contributed by atoms with Gasteiger partial charge in [-0.1, -0.05) is 25.4 Å². The van der Waals surface area contributed by atoms with Gasteiger partial charge in [-0.2, -0.15) is 18.2 Å². The molecule has 0 saturated heterocycles. The zero-order valence-electron chi connectivity index (χ0n) is 9.79. The van der Waals surface area contributed by atoms with Gasteiger partial charge in [0.05, 0.1) is 12.5 Å². The molecule has 0 aliphatic rings. The molecule has 0 amide bonds. The van der Waals surface area contributed by atoms with Gasteiger partial charge in [0, 0.05) is 6.42 Å². The maximum absolute atomic E-state index is 12.0. The van der Waals surface area contributed by atoms with E-state index in [9.17, 15) is 13.2 Å². The van der Waals surface area contributed by atoms with Crippen molar-refractivity contribution in [3.05, 3.63) is 11.7 Å². The van der Waals surface area contributed by atoms with E-state index in [1.54, 1.807) is 0 Å². The number of aryl methyl sites for hydroxylation is 1. The SMILES string of the molecule is CCC(C)C(N)c1nc(CCC(F)(F)F)no1. The van der Waals surface area contributed by atoms with Gasteiger partial charge in [-0.15, -0.1) is 0 Å². The van der Waals surface area contributed by atoms with Crippen LogP contribution in [-0.4, -0.2) is 16.3 Å². The summed E-state index contributed by atoms with van der Waals surface area (Å²) in [4.78, 5) is 3.88. The molecular weight excluding hydrogens is 235 g/mol. The van der Waals surface area contributed by atoms with E-state index in [2.05, 4.69) is 10.1 Å². The van der Waals surface area contributed by atoms with E-state index in [0.29, 0.717) is 0 Å². The highest BCUT2D eigenvalue weighted by molar-refractivity contribution is 4.93. The molecule has 2 atom stereocenters. The van der Waals surface area contributed by atoms with Gasteiger partial charge in [0.2, 0.25) is 5.89 Å². The van der Waals surface area contributed by atoms with Crippen molar-refractivity contribution in [3.63, 3.8) is 0 Å². The van der Waals surface area contributed by atoms with Crippen molar-refractivity contribution in [3.8, 4) is 0 Å². The summed E-state index contributed by atoms with van der Waals surface area (Å²) in [6.45, 7) is 3.88. The molecule has 1 rings (SSSR count). The minimum atomic E-state index is -4.21. The second-order valence-corrected chi connectivity index (χ2v) is 4.08. The molecule has 0 aliphatic heterocycles. The molecule has 0 aliphatic carbocycles. The maximum atomic E-state index is 12.0. The van der Waals surface area contributed by atoms with E-state index < -0.39 is 18.6 Å². The highest BCUT2D eigenvalue weighted by Gasteiger charge is 2.28. The second-order valence-electron chi connectivity index (χ2n) is 4.08. The Kier molecular flexibility index (Phi) is 4.50. The third-order valence-corrected chi connectivity index (χ3v) is 2.66. The Labute approximate surface area is 97.4 Å². The number of rotatable bonds is 5. The van der Waals surface area contributed by atoms with Crippen LogP contribution in [0.25, 0.3) is 0 Å².